The number of halogens is 3. The Kier molecular flexibility index (Phi) is 4.44. The van der Waals surface area contributed by atoms with E-state index in [1.165, 1.54) is 12.1 Å². The third-order valence-electron chi connectivity index (χ3n) is 2.05. The van der Waals surface area contributed by atoms with Gasteiger partial charge in [0.25, 0.3) is 0 Å². The van der Waals surface area contributed by atoms with E-state index in [2.05, 4.69) is 5.32 Å². The van der Waals surface area contributed by atoms with Crippen molar-refractivity contribution >= 4 is 11.7 Å². The third kappa shape index (κ3) is 5.63. The summed E-state index contributed by atoms with van der Waals surface area (Å²) in [6.45, 7) is 4.97. The number of anilines is 1. The lowest BCUT2D eigenvalue weighted by atomic mass is 10.2. The molecule has 0 fully saturated rings. The lowest BCUT2D eigenvalue weighted by Crippen LogP contribution is -2.28. The predicted octanol–water partition coefficient (Wildman–Crippen LogP) is 3.46. The van der Waals surface area contributed by atoms with Crippen molar-refractivity contribution in [2.24, 2.45) is 0 Å². The van der Waals surface area contributed by atoms with Crippen molar-refractivity contribution in [1.82, 2.24) is 0 Å². The number of carbonyl (C=O) groups is 1. The molecule has 19 heavy (non-hydrogen) atoms. The number of hydrogen-bond donors (Lipinski definition) is 1. The molecule has 0 saturated heterocycles. The van der Waals surface area contributed by atoms with E-state index >= 15 is 0 Å². The highest BCUT2D eigenvalue weighted by atomic mass is 19.4. The Bertz CT molecular complexity index is 450. The molecule has 6 heteroatoms. The first-order valence-electron chi connectivity index (χ1n) is 5.71. The molecule has 0 spiro atoms. The number of rotatable bonds is 3. The molecule has 0 aliphatic rings. The first kappa shape index (κ1) is 15.3. The minimum atomic E-state index is -4.40. The number of nitrogens with one attached hydrogen (secondary N) is 1. The highest BCUT2D eigenvalue weighted by Gasteiger charge is 2.30. The van der Waals surface area contributed by atoms with E-state index in [9.17, 15) is 18.0 Å². The second-order valence-electron chi connectivity index (χ2n) is 5.02. The van der Waals surface area contributed by atoms with Crippen LogP contribution in [0.5, 0.6) is 0 Å². The Morgan fingerprint density at radius 1 is 1.26 bits per heavy atom. The number of alkyl halides is 3. The van der Waals surface area contributed by atoms with Gasteiger partial charge in [-0.15, -0.1) is 0 Å². The second-order valence-corrected chi connectivity index (χ2v) is 5.02. The van der Waals surface area contributed by atoms with Gasteiger partial charge in [0.2, 0.25) is 0 Å². The third-order valence-corrected chi connectivity index (χ3v) is 2.05. The summed E-state index contributed by atoms with van der Waals surface area (Å²) < 4.78 is 42.4. The summed E-state index contributed by atoms with van der Waals surface area (Å²) in [6, 6.07) is 4.66. The lowest BCUT2D eigenvalue weighted by molar-refractivity contribution is -0.152. The maximum absolute atomic E-state index is 12.5. The largest absolute Gasteiger partial charge is 0.459 e. The maximum atomic E-state index is 12.5. The highest BCUT2D eigenvalue weighted by molar-refractivity contribution is 5.75. The zero-order valence-electron chi connectivity index (χ0n) is 11.0. The molecular weight excluding hydrogens is 259 g/mol. The summed E-state index contributed by atoms with van der Waals surface area (Å²) in [4.78, 5) is 11.4. The monoisotopic (exact) mass is 275 g/mol. The average Bonchev–Trinajstić information content (AvgIpc) is 2.23. The van der Waals surface area contributed by atoms with E-state index in [1.54, 1.807) is 20.8 Å². The standard InChI is InChI=1S/C13H16F3NO2/c1-12(2,3)19-11(18)8-17-10-6-4-5-9(7-10)13(14,15)16/h4-7,17H,8H2,1-3H3. The van der Waals surface area contributed by atoms with Crippen LogP contribution < -0.4 is 5.32 Å². The van der Waals surface area contributed by atoms with Crippen LogP contribution in [0.15, 0.2) is 24.3 Å². The Labute approximate surface area is 109 Å². The molecule has 1 aromatic rings. The highest BCUT2D eigenvalue weighted by Crippen LogP contribution is 2.30. The normalized spacial score (nSPS) is 12.1. The van der Waals surface area contributed by atoms with E-state index in [0.29, 0.717) is 0 Å². The Balaban J connectivity index is 2.62. The van der Waals surface area contributed by atoms with E-state index in [4.69, 9.17) is 4.74 Å². The molecule has 106 valence electrons. The summed E-state index contributed by atoms with van der Waals surface area (Å²) in [5.74, 6) is -0.523. The summed E-state index contributed by atoms with van der Waals surface area (Å²) >= 11 is 0. The van der Waals surface area contributed by atoms with Crippen molar-refractivity contribution in [2.75, 3.05) is 11.9 Å². The molecule has 1 N–H and O–H groups in total. The van der Waals surface area contributed by atoms with Gasteiger partial charge in [-0.2, -0.15) is 13.2 Å². The van der Waals surface area contributed by atoms with Gasteiger partial charge in [0.15, 0.2) is 0 Å². The van der Waals surface area contributed by atoms with Crippen LogP contribution in [0.3, 0.4) is 0 Å². The number of benzene rings is 1. The van der Waals surface area contributed by atoms with Crippen molar-refractivity contribution in [3.63, 3.8) is 0 Å². The van der Waals surface area contributed by atoms with Crippen molar-refractivity contribution < 1.29 is 22.7 Å². The Morgan fingerprint density at radius 2 is 1.89 bits per heavy atom. The minimum Gasteiger partial charge on any atom is -0.459 e. The molecule has 0 amide bonds. The molecule has 0 atom stereocenters. The summed E-state index contributed by atoms with van der Waals surface area (Å²) in [7, 11) is 0. The Morgan fingerprint density at radius 3 is 2.42 bits per heavy atom. The van der Waals surface area contributed by atoms with Gasteiger partial charge >= 0.3 is 12.1 Å². The molecule has 0 aromatic heterocycles. The van der Waals surface area contributed by atoms with Crippen LogP contribution in [0.4, 0.5) is 18.9 Å². The number of ether oxygens (including phenoxy) is 1. The molecule has 0 radical (unpaired) electrons. The molecule has 0 unspecified atom stereocenters. The maximum Gasteiger partial charge on any atom is 0.416 e. The summed E-state index contributed by atoms with van der Waals surface area (Å²) in [5.41, 5.74) is -1.16. The van der Waals surface area contributed by atoms with Crippen molar-refractivity contribution in [3.8, 4) is 0 Å². The van der Waals surface area contributed by atoms with Crippen LogP contribution in [0.1, 0.15) is 26.3 Å². The SMILES string of the molecule is CC(C)(C)OC(=O)CNc1cccc(C(F)(F)F)c1. The van der Waals surface area contributed by atoms with Gasteiger partial charge in [-0.3, -0.25) is 4.79 Å². The fourth-order valence-corrected chi connectivity index (χ4v) is 1.36. The smallest absolute Gasteiger partial charge is 0.416 e. The number of esters is 1. The minimum absolute atomic E-state index is 0.182. The van der Waals surface area contributed by atoms with Gasteiger partial charge in [-0.05, 0) is 39.0 Å². The van der Waals surface area contributed by atoms with E-state index < -0.39 is 23.3 Å². The van der Waals surface area contributed by atoms with E-state index in [0.717, 1.165) is 12.1 Å². The fraction of sp³-hybridized carbons (Fsp3) is 0.462. The molecule has 1 aromatic carbocycles. The first-order chi connectivity index (χ1) is 8.58. The van der Waals surface area contributed by atoms with Gasteiger partial charge in [-0.25, -0.2) is 0 Å². The topological polar surface area (TPSA) is 38.3 Å². The predicted molar refractivity (Wildman–Crippen MR) is 65.8 cm³/mol. The zero-order valence-corrected chi connectivity index (χ0v) is 11.0. The van der Waals surface area contributed by atoms with Crippen LogP contribution in [-0.2, 0) is 15.7 Å². The number of hydrogen-bond acceptors (Lipinski definition) is 3. The van der Waals surface area contributed by atoms with E-state index in [-0.39, 0.29) is 12.2 Å². The molecular formula is C13H16F3NO2. The van der Waals surface area contributed by atoms with Gasteiger partial charge < -0.3 is 10.1 Å². The quantitative estimate of drug-likeness (QED) is 0.858. The van der Waals surface area contributed by atoms with Crippen LogP contribution in [0, 0.1) is 0 Å². The molecule has 0 aliphatic heterocycles. The van der Waals surface area contributed by atoms with Crippen molar-refractivity contribution in [2.45, 2.75) is 32.5 Å². The number of carbonyl (C=O) groups excluding carboxylic acids is 1. The van der Waals surface area contributed by atoms with Gasteiger partial charge in [0.1, 0.15) is 12.1 Å². The first-order valence-corrected chi connectivity index (χ1v) is 5.71. The molecule has 0 heterocycles. The van der Waals surface area contributed by atoms with Crippen LogP contribution in [-0.4, -0.2) is 18.1 Å². The summed E-state index contributed by atoms with van der Waals surface area (Å²) in [6.07, 6.45) is -4.40. The second kappa shape index (κ2) is 5.50. The van der Waals surface area contributed by atoms with Gasteiger partial charge in [-0.1, -0.05) is 6.07 Å². The fourth-order valence-electron chi connectivity index (χ4n) is 1.36. The molecule has 0 aliphatic carbocycles. The lowest BCUT2D eigenvalue weighted by Gasteiger charge is -2.19. The molecule has 3 nitrogen and oxygen atoms in total. The van der Waals surface area contributed by atoms with Crippen LogP contribution in [0.2, 0.25) is 0 Å². The van der Waals surface area contributed by atoms with Crippen molar-refractivity contribution in [1.29, 1.82) is 0 Å². The van der Waals surface area contributed by atoms with Crippen LogP contribution in [0.25, 0.3) is 0 Å². The van der Waals surface area contributed by atoms with E-state index in [1.807, 2.05) is 0 Å². The molecule has 0 bridgehead atoms. The van der Waals surface area contributed by atoms with Crippen LogP contribution >= 0.6 is 0 Å². The van der Waals surface area contributed by atoms with Gasteiger partial charge in [0, 0.05) is 5.69 Å². The van der Waals surface area contributed by atoms with Crippen molar-refractivity contribution in [3.05, 3.63) is 29.8 Å². The average molecular weight is 275 g/mol. The molecule has 0 saturated carbocycles. The molecule has 1 rings (SSSR count). The summed E-state index contributed by atoms with van der Waals surface area (Å²) in [5, 5.41) is 2.60. The van der Waals surface area contributed by atoms with Gasteiger partial charge in [0.05, 0.1) is 5.56 Å². The zero-order chi connectivity index (χ0) is 14.7. The Hall–Kier alpha value is -1.72.